The molecule has 27 heavy (non-hydrogen) atoms. The molecule has 4 aliphatic rings. The molecule has 3 saturated heterocycles. The normalized spacial score (nSPS) is 29.8. The third-order valence-electron chi connectivity index (χ3n) is 6.46. The van der Waals surface area contributed by atoms with Gasteiger partial charge in [0.1, 0.15) is 0 Å². The van der Waals surface area contributed by atoms with Gasteiger partial charge in [0, 0.05) is 44.1 Å². The van der Waals surface area contributed by atoms with E-state index in [9.17, 15) is 9.59 Å². The minimum absolute atomic E-state index is 0.0657. The van der Waals surface area contributed by atoms with Gasteiger partial charge >= 0.3 is 0 Å². The lowest BCUT2D eigenvalue weighted by Crippen LogP contribution is -2.61. The van der Waals surface area contributed by atoms with Crippen molar-refractivity contribution >= 4 is 11.8 Å². The Morgan fingerprint density at radius 3 is 2.78 bits per heavy atom. The summed E-state index contributed by atoms with van der Waals surface area (Å²) in [6, 6.07) is 5.84. The Morgan fingerprint density at radius 1 is 1.04 bits per heavy atom. The van der Waals surface area contributed by atoms with Gasteiger partial charge in [0.15, 0.2) is 11.5 Å². The molecule has 0 aliphatic carbocycles. The van der Waals surface area contributed by atoms with E-state index in [2.05, 4.69) is 4.90 Å². The number of likely N-dealkylation sites (tertiary alicyclic amines) is 1. The monoisotopic (exact) mass is 370 g/mol. The molecule has 1 aromatic rings. The fourth-order valence-electron chi connectivity index (χ4n) is 5.25. The topological polar surface area (TPSA) is 59.1 Å². The molecule has 144 valence electrons. The first kappa shape index (κ1) is 16.9. The van der Waals surface area contributed by atoms with Gasteiger partial charge in [-0.1, -0.05) is 0 Å². The molecule has 4 heterocycles. The molecule has 0 spiro atoms. The third kappa shape index (κ3) is 3.05. The molecule has 4 aliphatic heterocycles. The Bertz CT molecular complexity index is 765. The minimum Gasteiger partial charge on any atom is -0.490 e. The van der Waals surface area contributed by atoms with E-state index in [1.807, 2.05) is 23.1 Å². The zero-order chi connectivity index (χ0) is 18.4. The van der Waals surface area contributed by atoms with Gasteiger partial charge in [-0.15, -0.1) is 0 Å². The molecule has 0 N–H and O–H groups in total. The Balaban J connectivity index is 1.35. The van der Waals surface area contributed by atoms with Crippen LogP contribution in [0.1, 0.15) is 42.5 Å². The average molecular weight is 370 g/mol. The van der Waals surface area contributed by atoms with Crippen LogP contribution < -0.4 is 9.47 Å². The number of fused-ring (bicyclic) bond motifs is 5. The third-order valence-corrected chi connectivity index (χ3v) is 6.46. The maximum atomic E-state index is 13.2. The SMILES string of the molecule is O=C(c1ccc2c(c1)OCCCO2)N1CC2CC(C1)C1CCCC(=O)N1C2. The lowest BCUT2D eigenvalue weighted by atomic mass is 9.76. The maximum absolute atomic E-state index is 13.2. The summed E-state index contributed by atoms with van der Waals surface area (Å²) in [6.07, 6.45) is 4.74. The van der Waals surface area contributed by atoms with E-state index in [-0.39, 0.29) is 5.91 Å². The number of nitrogens with zero attached hydrogens (tertiary/aromatic N) is 2. The number of hydrogen-bond acceptors (Lipinski definition) is 4. The lowest BCUT2D eigenvalue weighted by molar-refractivity contribution is -0.144. The molecule has 2 bridgehead atoms. The van der Waals surface area contributed by atoms with Gasteiger partial charge in [-0.05, 0) is 49.3 Å². The van der Waals surface area contributed by atoms with Crippen LogP contribution in [0, 0.1) is 11.8 Å². The first-order valence-corrected chi connectivity index (χ1v) is 10.2. The van der Waals surface area contributed by atoms with Crippen molar-refractivity contribution in [2.75, 3.05) is 32.8 Å². The number of rotatable bonds is 1. The van der Waals surface area contributed by atoms with Crippen LogP contribution >= 0.6 is 0 Å². The number of carbonyl (C=O) groups is 2. The summed E-state index contributed by atoms with van der Waals surface area (Å²) in [5.41, 5.74) is 0.663. The molecule has 3 atom stereocenters. The van der Waals surface area contributed by atoms with Gasteiger partial charge in [-0.2, -0.15) is 0 Å². The summed E-state index contributed by atoms with van der Waals surface area (Å²) in [7, 11) is 0. The summed E-state index contributed by atoms with van der Waals surface area (Å²) >= 11 is 0. The highest BCUT2D eigenvalue weighted by molar-refractivity contribution is 5.95. The predicted octanol–water partition coefficient (Wildman–Crippen LogP) is 2.32. The molecule has 0 saturated carbocycles. The largest absolute Gasteiger partial charge is 0.490 e. The van der Waals surface area contributed by atoms with Gasteiger partial charge in [-0.25, -0.2) is 0 Å². The molecular formula is C21H26N2O4. The highest BCUT2D eigenvalue weighted by Gasteiger charge is 2.44. The Hall–Kier alpha value is -2.24. The van der Waals surface area contributed by atoms with Crippen molar-refractivity contribution in [3.63, 3.8) is 0 Å². The fraction of sp³-hybridized carbons (Fsp3) is 0.619. The zero-order valence-corrected chi connectivity index (χ0v) is 15.6. The molecule has 6 nitrogen and oxygen atoms in total. The van der Waals surface area contributed by atoms with Crippen molar-refractivity contribution in [1.29, 1.82) is 0 Å². The number of piperidine rings is 3. The second kappa shape index (κ2) is 6.73. The van der Waals surface area contributed by atoms with Crippen molar-refractivity contribution < 1.29 is 19.1 Å². The molecule has 0 radical (unpaired) electrons. The summed E-state index contributed by atoms with van der Waals surface area (Å²) in [6.45, 7) is 3.56. The van der Waals surface area contributed by atoms with E-state index in [1.54, 1.807) is 0 Å². The molecule has 5 rings (SSSR count). The van der Waals surface area contributed by atoms with Crippen molar-refractivity contribution in [3.8, 4) is 11.5 Å². The number of amides is 2. The van der Waals surface area contributed by atoms with Crippen LogP contribution in [-0.2, 0) is 4.79 Å². The van der Waals surface area contributed by atoms with E-state index < -0.39 is 0 Å². The van der Waals surface area contributed by atoms with Crippen LogP contribution in [-0.4, -0.2) is 60.5 Å². The first-order valence-electron chi connectivity index (χ1n) is 10.2. The summed E-state index contributed by atoms with van der Waals surface area (Å²) in [5.74, 6) is 2.56. The number of carbonyl (C=O) groups excluding carboxylic acids is 2. The Kier molecular flexibility index (Phi) is 4.21. The van der Waals surface area contributed by atoms with Crippen molar-refractivity contribution in [2.45, 2.75) is 38.1 Å². The van der Waals surface area contributed by atoms with Crippen LogP contribution in [0.3, 0.4) is 0 Å². The van der Waals surface area contributed by atoms with Crippen molar-refractivity contribution in [2.24, 2.45) is 11.8 Å². The number of ether oxygens (including phenoxy) is 2. The van der Waals surface area contributed by atoms with Crippen LogP contribution in [0.4, 0.5) is 0 Å². The quantitative estimate of drug-likeness (QED) is 0.761. The molecule has 0 aromatic heterocycles. The Labute approximate surface area is 159 Å². The van der Waals surface area contributed by atoms with Gasteiger partial charge in [-0.3, -0.25) is 9.59 Å². The lowest BCUT2D eigenvalue weighted by Gasteiger charge is -2.52. The number of hydrogen-bond donors (Lipinski definition) is 0. The van der Waals surface area contributed by atoms with Gasteiger partial charge < -0.3 is 19.3 Å². The van der Waals surface area contributed by atoms with E-state index in [0.717, 1.165) is 51.1 Å². The fourth-order valence-corrected chi connectivity index (χ4v) is 5.25. The van der Waals surface area contributed by atoms with Gasteiger partial charge in [0.2, 0.25) is 5.91 Å². The molecule has 3 unspecified atom stereocenters. The summed E-state index contributed by atoms with van der Waals surface area (Å²) < 4.78 is 11.4. The molecule has 2 amide bonds. The van der Waals surface area contributed by atoms with Gasteiger partial charge in [0.05, 0.1) is 13.2 Å². The van der Waals surface area contributed by atoms with Crippen molar-refractivity contribution in [3.05, 3.63) is 23.8 Å². The average Bonchev–Trinajstić information content (AvgIpc) is 2.93. The van der Waals surface area contributed by atoms with E-state index in [1.165, 1.54) is 0 Å². The second-order valence-corrected chi connectivity index (χ2v) is 8.29. The Morgan fingerprint density at radius 2 is 1.89 bits per heavy atom. The molecule has 1 aromatic carbocycles. The van der Waals surface area contributed by atoms with Crippen LogP contribution in [0.2, 0.25) is 0 Å². The van der Waals surface area contributed by atoms with E-state index in [0.29, 0.717) is 54.7 Å². The van der Waals surface area contributed by atoms with Crippen LogP contribution in [0.15, 0.2) is 18.2 Å². The number of benzene rings is 1. The van der Waals surface area contributed by atoms with Gasteiger partial charge in [0.25, 0.3) is 5.91 Å². The van der Waals surface area contributed by atoms with Crippen LogP contribution in [0.5, 0.6) is 11.5 Å². The van der Waals surface area contributed by atoms with Crippen LogP contribution in [0.25, 0.3) is 0 Å². The summed E-state index contributed by atoms with van der Waals surface area (Å²) in [4.78, 5) is 29.6. The molecular weight excluding hydrogens is 344 g/mol. The molecule has 6 heteroatoms. The summed E-state index contributed by atoms with van der Waals surface area (Å²) in [5, 5.41) is 0. The predicted molar refractivity (Wildman–Crippen MR) is 98.9 cm³/mol. The second-order valence-electron chi connectivity index (χ2n) is 8.29. The zero-order valence-electron chi connectivity index (χ0n) is 15.6. The van der Waals surface area contributed by atoms with E-state index in [4.69, 9.17) is 9.47 Å². The minimum atomic E-state index is 0.0657. The highest BCUT2D eigenvalue weighted by atomic mass is 16.5. The van der Waals surface area contributed by atoms with E-state index >= 15 is 0 Å². The maximum Gasteiger partial charge on any atom is 0.254 e. The smallest absolute Gasteiger partial charge is 0.254 e. The molecule has 3 fully saturated rings. The highest BCUT2D eigenvalue weighted by Crippen LogP contribution is 2.38. The standard InChI is InChI=1S/C21H26N2O4/c24-20-4-1-3-17-16-9-14(12-23(17)20)11-22(13-16)21(25)15-5-6-18-19(10-15)27-8-2-7-26-18/h5-6,10,14,16-17H,1-4,7-9,11-13H2. The first-order chi connectivity index (χ1) is 13.2. The van der Waals surface area contributed by atoms with Crippen molar-refractivity contribution in [1.82, 2.24) is 9.80 Å².